The SMILES string of the molecule is CCC[C@@H](N)C(=O)NCc1cnc(C)s1. The van der Waals surface area contributed by atoms with Gasteiger partial charge in [-0.25, -0.2) is 4.98 Å². The average Bonchev–Trinajstić information content (AvgIpc) is 2.61. The zero-order valence-corrected chi connectivity index (χ0v) is 9.93. The molecule has 3 N–H and O–H groups in total. The van der Waals surface area contributed by atoms with Gasteiger partial charge < -0.3 is 11.1 Å². The number of carbonyl (C=O) groups excluding carboxylic acids is 1. The molecule has 1 rings (SSSR count). The van der Waals surface area contributed by atoms with E-state index in [1.54, 1.807) is 17.5 Å². The van der Waals surface area contributed by atoms with E-state index in [-0.39, 0.29) is 11.9 Å². The molecule has 0 fully saturated rings. The van der Waals surface area contributed by atoms with Crippen molar-refractivity contribution in [1.29, 1.82) is 0 Å². The largest absolute Gasteiger partial charge is 0.350 e. The Bertz CT molecular complexity index is 324. The van der Waals surface area contributed by atoms with Crippen molar-refractivity contribution in [1.82, 2.24) is 10.3 Å². The normalized spacial score (nSPS) is 12.5. The summed E-state index contributed by atoms with van der Waals surface area (Å²) in [5, 5.41) is 3.81. The Labute approximate surface area is 93.9 Å². The Hall–Kier alpha value is -0.940. The van der Waals surface area contributed by atoms with Crippen molar-refractivity contribution >= 4 is 17.2 Å². The number of rotatable bonds is 5. The second-order valence-electron chi connectivity index (χ2n) is 3.46. The number of hydrogen-bond acceptors (Lipinski definition) is 4. The van der Waals surface area contributed by atoms with E-state index in [1.807, 2.05) is 13.8 Å². The van der Waals surface area contributed by atoms with Gasteiger partial charge in [0, 0.05) is 11.1 Å². The Morgan fingerprint density at radius 1 is 1.73 bits per heavy atom. The highest BCUT2D eigenvalue weighted by molar-refractivity contribution is 7.11. The van der Waals surface area contributed by atoms with Gasteiger partial charge >= 0.3 is 0 Å². The fraction of sp³-hybridized carbons (Fsp3) is 0.600. The highest BCUT2D eigenvalue weighted by Gasteiger charge is 2.11. The first-order valence-corrected chi connectivity index (χ1v) is 5.89. The maximum atomic E-state index is 11.5. The van der Waals surface area contributed by atoms with Crippen molar-refractivity contribution in [3.63, 3.8) is 0 Å². The summed E-state index contributed by atoms with van der Waals surface area (Å²) >= 11 is 1.59. The first-order chi connectivity index (χ1) is 7.13. The van der Waals surface area contributed by atoms with Crippen LogP contribution < -0.4 is 11.1 Å². The maximum Gasteiger partial charge on any atom is 0.237 e. The second-order valence-corrected chi connectivity index (χ2v) is 4.78. The molecule has 1 heterocycles. The maximum absolute atomic E-state index is 11.5. The molecule has 0 bridgehead atoms. The minimum absolute atomic E-state index is 0.0806. The summed E-state index contributed by atoms with van der Waals surface area (Å²) < 4.78 is 0. The van der Waals surface area contributed by atoms with Crippen LogP contribution in [-0.4, -0.2) is 16.9 Å². The summed E-state index contributed by atoms with van der Waals surface area (Å²) in [4.78, 5) is 16.6. The summed E-state index contributed by atoms with van der Waals surface area (Å²) in [5.41, 5.74) is 5.67. The lowest BCUT2D eigenvalue weighted by Crippen LogP contribution is -2.39. The molecule has 0 unspecified atom stereocenters. The number of hydrogen-bond donors (Lipinski definition) is 2. The fourth-order valence-electron chi connectivity index (χ4n) is 1.23. The Balaban J connectivity index is 2.34. The van der Waals surface area contributed by atoms with Crippen LogP contribution in [0, 0.1) is 6.92 Å². The topological polar surface area (TPSA) is 68.0 Å². The first kappa shape index (κ1) is 12.1. The molecule has 0 aliphatic heterocycles. The number of amides is 1. The Kier molecular flexibility index (Phi) is 4.71. The highest BCUT2D eigenvalue weighted by atomic mass is 32.1. The van der Waals surface area contributed by atoms with Gasteiger partial charge in [0.2, 0.25) is 5.91 Å². The summed E-state index contributed by atoms with van der Waals surface area (Å²) in [6.45, 7) is 4.49. The van der Waals surface area contributed by atoms with E-state index in [9.17, 15) is 4.79 Å². The second kappa shape index (κ2) is 5.82. The van der Waals surface area contributed by atoms with E-state index in [2.05, 4.69) is 10.3 Å². The van der Waals surface area contributed by atoms with Crippen molar-refractivity contribution < 1.29 is 4.79 Å². The Morgan fingerprint density at radius 3 is 3.00 bits per heavy atom. The third-order valence-electron chi connectivity index (χ3n) is 2.04. The standard InChI is InChI=1S/C10H17N3OS/c1-3-4-9(11)10(14)13-6-8-5-12-7(2)15-8/h5,9H,3-4,6,11H2,1-2H3,(H,13,14)/t9-/m1/s1. The summed E-state index contributed by atoms with van der Waals surface area (Å²) in [7, 11) is 0. The number of nitrogens with one attached hydrogen (secondary N) is 1. The molecule has 5 heteroatoms. The molecule has 1 amide bonds. The van der Waals surface area contributed by atoms with Crippen LogP contribution in [0.25, 0.3) is 0 Å². The summed E-state index contributed by atoms with van der Waals surface area (Å²) in [5.74, 6) is -0.0806. The van der Waals surface area contributed by atoms with Crippen LogP contribution in [0.15, 0.2) is 6.20 Å². The van der Waals surface area contributed by atoms with Crippen LogP contribution in [0.1, 0.15) is 29.7 Å². The number of nitrogens with two attached hydrogens (primary N) is 1. The van der Waals surface area contributed by atoms with E-state index in [4.69, 9.17) is 5.73 Å². The molecule has 0 aliphatic rings. The van der Waals surface area contributed by atoms with E-state index >= 15 is 0 Å². The third kappa shape index (κ3) is 3.97. The van der Waals surface area contributed by atoms with Gasteiger partial charge in [-0.1, -0.05) is 13.3 Å². The van der Waals surface area contributed by atoms with E-state index in [0.29, 0.717) is 6.54 Å². The van der Waals surface area contributed by atoms with Crippen molar-refractivity contribution in [3.05, 3.63) is 16.1 Å². The van der Waals surface area contributed by atoms with Crippen LogP contribution in [0.5, 0.6) is 0 Å². The highest BCUT2D eigenvalue weighted by Crippen LogP contribution is 2.10. The number of thiazole rings is 1. The van der Waals surface area contributed by atoms with Crippen molar-refractivity contribution in [2.24, 2.45) is 5.73 Å². The lowest BCUT2D eigenvalue weighted by atomic mass is 10.2. The van der Waals surface area contributed by atoms with Crippen molar-refractivity contribution in [2.75, 3.05) is 0 Å². The number of aryl methyl sites for hydroxylation is 1. The van der Waals surface area contributed by atoms with Crippen LogP contribution >= 0.6 is 11.3 Å². The molecule has 1 aromatic heterocycles. The molecule has 0 aliphatic carbocycles. The van der Waals surface area contributed by atoms with Crippen LogP contribution in [0.2, 0.25) is 0 Å². The Morgan fingerprint density at radius 2 is 2.47 bits per heavy atom. The molecular formula is C10H17N3OS. The van der Waals surface area contributed by atoms with Crippen LogP contribution in [-0.2, 0) is 11.3 Å². The number of carbonyl (C=O) groups is 1. The van der Waals surface area contributed by atoms with Gasteiger partial charge in [0.1, 0.15) is 0 Å². The molecular weight excluding hydrogens is 210 g/mol. The predicted molar refractivity (Wildman–Crippen MR) is 61.6 cm³/mol. The minimum Gasteiger partial charge on any atom is -0.350 e. The lowest BCUT2D eigenvalue weighted by Gasteiger charge is -2.09. The lowest BCUT2D eigenvalue weighted by molar-refractivity contribution is -0.122. The molecule has 84 valence electrons. The minimum atomic E-state index is -0.385. The molecule has 0 spiro atoms. The van der Waals surface area contributed by atoms with Crippen molar-refractivity contribution in [2.45, 2.75) is 39.3 Å². The van der Waals surface area contributed by atoms with E-state index < -0.39 is 0 Å². The average molecular weight is 227 g/mol. The zero-order valence-electron chi connectivity index (χ0n) is 9.12. The van der Waals surface area contributed by atoms with E-state index in [1.165, 1.54) is 0 Å². The van der Waals surface area contributed by atoms with E-state index in [0.717, 1.165) is 22.7 Å². The van der Waals surface area contributed by atoms with Crippen molar-refractivity contribution in [3.8, 4) is 0 Å². The number of nitrogens with zero attached hydrogens (tertiary/aromatic N) is 1. The monoisotopic (exact) mass is 227 g/mol. The molecule has 0 saturated carbocycles. The molecule has 0 radical (unpaired) electrons. The molecule has 0 aromatic carbocycles. The van der Waals surface area contributed by atoms with Gasteiger partial charge in [0.25, 0.3) is 0 Å². The third-order valence-corrected chi connectivity index (χ3v) is 2.96. The summed E-state index contributed by atoms with van der Waals surface area (Å²) in [6, 6.07) is -0.385. The van der Waals surface area contributed by atoms with Gasteiger partial charge in [-0.15, -0.1) is 11.3 Å². The van der Waals surface area contributed by atoms with Gasteiger partial charge in [-0.3, -0.25) is 4.79 Å². The molecule has 1 aromatic rings. The molecule has 15 heavy (non-hydrogen) atoms. The molecule has 1 atom stereocenters. The zero-order chi connectivity index (χ0) is 11.3. The van der Waals surface area contributed by atoms with Gasteiger partial charge in [0.15, 0.2) is 0 Å². The quantitative estimate of drug-likeness (QED) is 0.794. The first-order valence-electron chi connectivity index (χ1n) is 5.08. The van der Waals surface area contributed by atoms with Gasteiger partial charge in [-0.2, -0.15) is 0 Å². The van der Waals surface area contributed by atoms with Crippen LogP contribution in [0.4, 0.5) is 0 Å². The molecule has 4 nitrogen and oxygen atoms in total. The smallest absolute Gasteiger partial charge is 0.237 e. The fourth-order valence-corrected chi connectivity index (χ4v) is 1.97. The van der Waals surface area contributed by atoms with Crippen LogP contribution in [0.3, 0.4) is 0 Å². The summed E-state index contributed by atoms with van der Waals surface area (Å²) in [6.07, 6.45) is 3.44. The predicted octanol–water partition coefficient (Wildman–Crippen LogP) is 1.20. The molecule has 0 saturated heterocycles. The van der Waals surface area contributed by atoms with Gasteiger partial charge in [0.05, 0.1) is 17.6 Å². The van der Waals surface area contributed by atoms with Gasteiger partial charge in [-0.05, 0) is 13.3 Å². The number of aromatic nitrogens is 1.